The van der Waals surface area contributed by atoms with Gasteiger partial charge in [-0.3, -0.25) is 14.4 Å². The number of ether oxygens (including phenoxy) is 1. The van der Waals surface area contributed by atoms with E-state index in [1.54, 1.807) is 29.0 Å². The fourth-order valence-electron chi connectivity index (χ4n) is 3.88. The van der Waals surface area contributed by atoms with Gasteiger partial charge in [0.2, 0.25) is 11.8 Å². The summed E-state index contributed by atoms with van der Waals surface area (Å²) in [5.74, 6) is -0.309. The number of unbranched alkanes of at least 4 members (excludes halogenated alkanes) is 1. The Bertz CT molecular complexity index is 1190. The Morgan fingerprint density at radius 2 is 1.77 bits per heavy atom. The SMILES string of the molecule is CCCCC(=O)N(CCOC)CC(=O)N(Cc1ccccc1)Cc1coc2ccc(C)cc2c1=O. The summed E-state index contributed by atoms with van der Waals surface area (Å²) in [4.78, 5) is 42.6. The van der Waals surface area contributed by atoms with Gasteiger partial charge in [0.1, 0.15) is 5.58 Å². The highest BCUT2D eigenvalue weighted by Crippen LogP contribution is 2.16. The molecule has 1 heterocycles. The van der Waals surface area contributed by atoms with Crippen molar-refractivity contribution in [1.29, 1.82) is 0 Å². The van der Waals surface area contributed by atoms with Crippen LogP contribution in [0.4, 0.5) is 0 Å². The molecule has 0 unspecified atom stereocenters. The number of hydrogen-bond acceptors (Lipinski definition) is 5. The van der Waals surface area contributed by atoms with Crippen LogP contribution < -0.4 is 5.43 Å². The maximum Gasteiger partial charge on any atom is 0.242 e. The Kier molecular flexibility index (Phi) is 9.61. The number of nitrogens with zero attached hydrogens (tertiary/aromatic N) is 2. The molecule has 0 aliphatic rings. The highest BCUT2D eigenvalue weighted by Gasteiger charge is 2.23. The average Bonchev–Trinajstić information content (AvgIpc) is 2.87. The largest absolute Gasteiger partial charge is 0.464 e. The molecule has 0 spiro atoms. The normalized spacial score (nSPS) is 10.9. The maximum absolute atomic E-state index is 13.5. The van der Waals surface area contributed by atoms with E-state index in [2.05, 4.69) is 0 Å². The van der Waals surface area contributed by atoms with E-state index in [0.717, 1.165) is 24.0 Å². The minimum atomic E-state index is -0.237. The fourth-order valence-corrected chi connectivity index (χ4v) is 3.88. The lowest BCUT2D eigenvalue weighted by molar-refractivity contribution is -0.141. The quantitative estimate of drug-likeness (QED) is 0.388. The number of carbonyl (C=O) groups is 2. The molecule has 3 rings (SSSR count). The van der Waals surface area contributed by atoms with Crippen LogP contribution in [-0.4, -0.2) is 48.4 Å². The molecule has 1 aromatic heterocycles. The van der Waals surface area contributed by atoms with Gasteiger partial charge in [0.05, 0.1) is 36.9 Å². The van der Waals surface area contributed by atoms with E-state index in [-0.39, 0.29) is 30.3 Å². The van der Waals surface area contributed by atoms with E-state index in [1.165, 1.54) is 6.26 Å². The van der Waals surface area contributed by atoms with Crippen molar-refractivity contribution in [1.82, 2.24) is 9.80 Å². The molecule has 0 fully saturated rings. The van der Waals surface area contributed by atoms with Gasteiger partial charge >= 0.3 is 0 Å². The lowest BCUT2D eigenvalue weighted by atomic mass is 10.1. The molecule has 0 saturated heterocycles. The van der Waals surface area contributed by atoms with Crippen molar-refractivity contribution in [2.45, 2.75) is 46.2 Å². The zero-order valence-corrected chi connectivity index (χ0v) is 20.8. The average molecular weight is 479 g/mol. The van der Waals surface area contributed by atoms with Gasteiger partial charge in [-0.05, 0) is 31.0 Å². The standard InChI is InChI=1S/C28H34N2O5/c1-4-5-11-26(31)29(14-15-34-3)19-27(32)30(17-22-9-7-6-8-10-22)18-23-20-35-25-13-12-21(2)16-24(25)28(23)33/h6-10,12-13,16,20H,4-5,11,14-15,17-19H2,1-3H3. The molecule has 0 saturated carbocycles. The van der Waals surface area contributed by atoms with Gasteiger partial charge < -0.3 is 19.0 Å². The molecule has 2 aromatic carbocycles. The van der Waals surface area contributed by atoms with Crippen molar-refractivity contribution in [3.8, 4) is 0 Å². The summed E-state index contributed by atoms with van der Waals surface area (Å²) in [6.07, 6.45) is 3.48. The number of aryl methyl sites for hydroxylation is 1. The molecule has 7 nitrogen and oxygen atoms in total. The molecule has 0 N–H and O–H groups in total. The topological polar surface area (TPSA) is 80.1 Å². The molecule has 0 aliphatic carbocycles. The minimum absolute atomic E-state index is 0.0717. The van der Waals surface area contributed by atoms with Crippen LogP contribution in [0.3, 0.4) is 0 Å². The van der Waals surface area contributed by atoms with Crippen LogP contribution in [0.1, 0.15) is 42.9 Å². The summed E-state index contributed by atoms with van der Waals surface area (Å²) in [5.41, 5.74) is 2.64. The van der Waals surface area contributed by atoms with E-state index in [1.807, 2.05) is 50.2 Å². The maximum atomic E-state index is 13.5. The first kappa shape index (κ1) is 26.2. The number of rotatable bonds is 12. The monoisotopic (exact) mass is 478 g/mol. The predicted molar refractivity (Wildman–Crippen MR) is 136 cm³/mol. The lowest BCUT2D eigenvalue weighted by Crippen LogP contribution is -2.44. The van der Waals surface area contributed by atoms with Crippen LogP contribution in [0.15, 0.2) is 64.0 Å². The van der Waals surface area contributed by atoms with E-state index in [4.69, 9.17) is 9.15 Å². The van der Waals surface area contributed by atoms with Crippen molar-refractivity contribution in [3.05, 3.63) is 81.7 Å². The third-order valence-corrected chi connectivity index (χ3v) is 5.92. The van der Waals surface area contributed by atoms with Gasteiger partial charge in [-0.15, -0.1) is 0 Å². The third-order valence-electron chi connectivity index (χ3n) is 5.92. The molecule has 3 aromatic rings. The number of benzene rings is 2. The zero-order valence-electron chi connectivity index (χ0n) is 20.8. The second-order valence-electron chi connectivity index (χ2n) is 8.74. The molecule has 35 heavy (non-hydrogen) atoms. The van der Waals surface area contributed by atoms with Crippen LogP contribution >= 0.6 is 0 Å². The Hall–Kier alpha value is -3.45. The van der Waals surface area contributed by atoms with Gasteiger partial charge in [-0.25, -0.2) is 0 Å². The summed E-state index contributed by atoms with van der Waals surface area (Å²) in [7, 11) is 1.57. The Morgan fingerprint density at radius 3 is 2.49 bits per heavy atom. The Labute approximate surface area is 206 Å². The smallest absolute Gasteiger partial charge is 0.242 e. The van der Waals surface area contributed by atoms with Crippen LogP contribution in [-0.2, 0) is 27.4 Å². The van der Waals surface area contributed by atoms with Crippen molar-refractivity contribution in [2.24, 2.45) is 0 Å². The predicted octanol–water partition coefficient (Wildman–Crippen LogP) is 4.30. The molecule has 0 bridgehead atoms. The summed E-state index contributed by atoms with van der Waals surface area (Å²) < 4.78 is 10.9. The molecule has 0 radical (unpaired) electrons. The van der Waals surface area contributed by atoms with Gasteiger partial charge in [-0.1, -0.05) is 55.3 Å². The molecule has 2 amide bonds. The van der Waals surface area contributed by atoms with Crippen LogP contribution in [0.2, 0.25) is 0 Å². The molecule has 0 atom stereocenters. The van der Waals surface area contributed by atoms with Crippen LogP contribution in [0.5, 0.6) is 0 Å². The highest BCUT2D eigenvalue weighted by atomic mass is 16.5. The van der Waals surface area contributed by atoms with Crippen LogP contribution in [0.25, 0.3) is 11.0 Å². The first-order valence-electron chi connectivity index (χ1n) is 12.0. The first-order chi connectivity index (χ1) is 16.9. The number of hydrogen-bond donors (Lipinski definition) is 0. The van der Waals surface area contributed by atoms with E-state index < -0.39 is 0 Å². The molecular weight excluding hydrogens is 444 g/mol. The van der Waals surface area contributed by atoms with Crippen LogP contribution in [0, 0.1) is 6.92 Å². The highest BCUT2D eigenvalue weighted by molar-refractivity contribution is 5.85. The number of fused-ring (bicyclic) bond motifs is 1. The number of amides is 2. The molecule has 7 heteroatoms. The lowest BCUT2D eigenvalue weighted by Gasteiger charge is -2.28. The number of methoxy groups -OCH3 is 1. The van der Waals surface area contributed by atoms with Gasteiger partial charge in [0.25, 0.3) is 0 Å². The second kappa shape index (κ2) is 12.9. The molecular formula is C28H34N2O5. The van der Waals surface area contributed by atoms with Gasteiger partial charge in [-0.2, -0.15) is 0 Å². The Balaban J connectivity index is 1.88. The fraction of sp³-hybridized carbons (Fsp3) is 0.393. The minimum Gasteiger partial charge on any atom is -0.464 e. The van der Waals surface area contributed by atoms with E-state index in [9.17, 15) is 14.4 Å². The van der Waals surface area contributed by atoms with E-state index in [0.29, 0.717) is 42.6 Å². The first-order valence-corrected chi connectivity index (χ1v) is 12.0. The summed E-state index contributed by atoms with van der Waals surface area (Å²) in [5, 5.41) is 0.492. The van der Waals surface area contributed by atoms with Crippen molar-refractivity contribution in [2.75, 3.05) is 26.8 Å². The second-order valence-corrected chi connectivity index (χ2v) is 8.74. The zero-order chi connectivity index (χ0) is 25.2. The van der Waals surface area contributed by atoms with Crippen molar-refractivity contribution >= 4 is 22.8 Å². The summed E-state index contributed by atoms with van der Waals surface area (Å²) >= 11 is 0. The summed E-state index contributed by atoms with van der Waals surface area (Å²) in [6.45, 7) is 4.94. The molecule has 186 valence electrons. The summed E-state index contributed by atoms with van der Waals surface area (Å²) in [6, 6.07) is 15.1. The Morgan fingerprint density at radius 1 is 1.00 bits per heavy atom. The third kappa shape index (κ3) is 7.26. The van der Waals surface area contributed by atoms with Gasteiger partial charge in [0.15, 0.2) is 5.43 Å². The van der Waals surface area contributed by atoms with Crippen molar-refractivity contribution in [3.63, 3.8) is 0 Å². The number of carbonyl (C=O) groups excluding carboxylic acids is 2. The van der Waals surface area contributed by atoms with Crippen molar-refractivity contribution < 1.29 is 18.7 Å². The van der Waals surface area contributed by atoms with Gasteiger partial charge in [0, 0.05) is 26.6 Å². The molecule has 0 aliphatic heterocycles. The van der Waals surface area contributed by atoms with E-state index >= 15 is 0 Å².